The molecule has 2 N–H and O–H groups in total. The number of rotatable bonds is 5. The average molecular weight is 293 g/mol. The quantitative estimate of drug-likeness (QED) is 0.890. The number of aliphatic hydroxyl groups is 1. The van der Waals surface area contributed by atoms with Crippen molar-refractivity contribution < 1.29 is 9.90 Å². The summed E-state index contributed by atoms with van der Waals surface area (Å²) in [5.74, 6) is 0.0468. The van der Waals surface area contributed by atoms with Gasteiger partial charge in [-0.25, -0.2) is 0 Å². The van der Waals surface area contributed by atoms with Gasteiger partial charge in [0.05, 0.1) is 5.41 Å². The molecule has 3 nitrogen and oxygen atoms in total. The Labute approximate surface area is 119 Å². The van der Waals surface area contributed by atoms with E-state index in [0.717, 1.165) is 22.6 Å². The molecule has 1 amide bonds. The Bertz CT molecular complexity index is 544. The molecular weight excluding hydrogens is 278 g/mol. The minimum atomic E-state index is -0.608. The molecule has 1 fully saturated rings. The zero-order valence-electron chi connectivity index (χ0n) is 10.3. The highest BCUT2D eigenvalue weighted by molar-refractivity contribution is 7.10. The first kappa shape index (κ1) is 12.8. The van der Waals surface area contributed by atoms with Gasteiger partial charge < -0.3 is 10.4 Å². The molecule has 1 aliphatic rings. The molecule has 5 heteroatoms. The summed E-state index contributed by atoms with van der Waals surface area (Å²) in [7, 11) is 0. The van der Waals surface area contributed by atoms with E-state index in [1.54, 1.807) is 11.3 Å². The van der Waals surface area contributed by atoms with Gasteiger partial charge in [0.1, 0.15) is 6.10 Å². The second-order valence-electron chi connectivity index (χ2n) is 4.80. The maximum atomic E-state index is 12.3. The van der Waals surface area contributed by atoms with Crippen molar-refractivity contribution in [3.8, 4) is 0 Å². The van der Waals surface area contributed by atoms with Crippen molar-refractivity contribution in [1.82, 2.24) is 5.32 Å². The zero-order valence-corrected chi connectivity index (χ0v) is 12.0. The maximum absolute atomic E-state index is 12.3. The predicted molar refractivity (Wildman–Crippen MR) is 77.5 cm³/mol. The van der Waals surface area contributed by atoms with Gasteiger partial charge in [-0.1, -0.05) is 12.1 Å². The third-order valence-electron chi connectivity index (χ3n) is 3.51. The van der Waals surface area contributed by atoms with Gasteiger partial charge in [-0.05, 0) is 35.7 Å². The summed E-state index contributed by atoms with van der Waals surface area (Å²) in [6, 6.07) is 7.79. The number of nitrogens with one attached hydrogen (secondary N) is 1. The summed E-state index contributed by atoms with van der Waals surface area (Å²) in [5, 5.41) is 16.8. The van der Waals surface area contributed by atoms with Gasteiger partial charge in [-0.3, -0.25) is 4.79 Å². The maximum Gasteiger partial charge on any atom is 0.231 e. The minimum absolute atomic E-state index is 0.0468. The van der Waals surface area contributed by atoms with Crippen LogP contribution in [-0.4, -0.2) is 17.6 Å². The highest BCUT2D eigenvalue weighted by Gasteiger charge is 2.51. The van der Waals surface area contributed by atoms with Gasteiger partial charge in [0, 0.05) is 16.3 Å². The van der Waals surface area contributed by atoms with E-state index >= 15 is 0 Å². The van der Waals surface area contributed by atoms with E-state index in [1.807, 2.05) is 35.0 Å². The molecular formula is C14H15NO2S2. The fourth-order valence-corrected chi connectivity index (χ4v) is 3.90. The number of hydrogen-bond donors (Lipinski definition) is 2. The van der Waals surface area contributed by atoms with Crippen molar-refractivity contribution >= 4 is 28.6 Å². The van der Waals surface area contributed by atoms with Gasteiger partial charge in [-0.15, -0.1) is 22.7 Å². The van der Waals surface area contributed by atoms with E-state index in [2.05, 4.69) is 5.32 Å². The summed E-state index contributed by atoms with van der Waals surface area (Å²) in [5.41, 5.74) is -0.316. The minimum Gasteiger partial charge on any atom is -0.386 e. The van der Waals surface area contributed by atoms with Gasteiger partial charge >= 0.3 is 0 Å². The van der Waals surface area contributed by atoms with Crippen molar-refractivity contribution in [3.63, 3.8) is 0 Å². The Kier molecular flexibility index (Phi) is 3.43. The van der Waals surface area contributed by atoms with Crippen LogP contribution < -0.4 is 5.32 Å². The molecule has 0 radical (unpaired) electrons. The lowest BCUT2D eigenvalue weighted by Crippen LogP contribution is -2.36. The molecule has 0 saturated heterocycles. The molecule has 0 aromatic carbocycles. The third-order valence-corrected chi connectivity index (χ3v) is 5.55. The molecule has 1 unspecified atom stereocenters. The number of amides is 1. The fourth-order valence-electron chi connectivity index (χ4n) is 2.20. The van der Waals surface area contributed by atoms with E-state index in [-0.39, 0.29) is 17.9 Å². The van der Waals surface area contributed by atoms with E-state index in [4.69, 9.17) is 0 Å². The van der Waals surface area contributed by atoms with Crippen molar-refractivity contribution in [2.24, 2.45) is 0 Å². The number of thiophene rings is 2. The summed E-state index contributed by atoms with van der Waals surface area (Å²) < 4.78 is 0. The normalized spacial score (nSPS) is 17.9. The smallest absolute Gasteiger partial charge is 0.231 e. The van der Waals surface area contributed by atoms with E-state index in [9.17, 15) is 9.90 Å². The number of carbonyl (C=O) groups excluding carboxylic acids is 1. The van der Waals surface area contributed by atoms with Crippen LogP contribution in [0.25, 0.3) is 0 Å². The van der Waals surface area contributed by atoms with Crippen LogP contribution in [0, 0.1) is 0 Å². The van der Waals surface area contributed by atoms with Crippen LogP contribution in [0.4, 0.5) is 0 Å². The fraction of sp³-hybridized carbons (Fsp3) is 0.357. The SMILES string of the molecule is O=C(NCC(O)c1cccs1)C1(c2cccs2)CC1. The number of carbonyl (C=O) groups is 1. The Hall–Kier alpha value is -1.17. The van der Waals surface area contributed by atoms with Crippen LogP contribution in [0.5, 0.6) is 0 Å². The van der Waals surface area contributed by atoms with E-state index < -0.39 is 6.10 Å². The van der Waals surface area contributed by atoms with Crippen LogP contribution in [0.3, 0.4) is 0 Å². The summed E-state index contributed by atoms with van der Waals surface area (Å²) in [6.45, 7) is 0.284. The first-order chi connectivity index (χ1) is 9.22. The topological polar surface area (TPSA) is 49.3 Å². The van der Waals surface area contributed by atoms with Gasteiger partial charge in [0.2, 0.25) is 5.91 Å². The van der Waals surface area contributed by atoms with E-state index in [0.29, 0.717) is 0 Å². The molecule has 1 aliphatic carbocycles. The molecule has 2 heterocycles. The van der Waals surface area contributed by atoms with Crippen molar-refractivity contribution in [2.45, 2.75) is 24.4 Å². The molecule has 2 aromatic rings. The van der Waals surface area contributed by atoms with Gasteiger partial charge in [0.15, 0.2) is 0 Å². The average Bonchev–Trinajstić information content (AvgIpc) is 2.90. The lowest BCUT2D eigenvalue weighted by molar-refractivity contribution is -0.124. The second kappa shape index (κ2) is 5.07. The number of aliphatic hydroxyl groups excluding tert-OH is 1. The molecule has 2 aromatic heterocycles. The standard InChI is InChI=1S/C14H15NO2S2/c16-10(11-3-1-7-18-11)9-15-13(17)14(5-6-14)12-4-2-8-19-12/h1-4,7-8,10,16H,5-6,9H2,(H,15,17). The molecule has 19 heavy (non-hydrogen) atoms. The third kappa shape index (κ3) is 2.45. The monoisotopic (exact) mass is 293 g/mol. The Morgan fingerprint density at radius 3 is 2.63 bits per heavy atom. The highest BCUT2D eigenvalue weighted by atomic mass is 32.1. The van der Waals surface area contributed by atoms with Crippen LogP contribution in [-0.2, 0) is 10.2 Å². The molecule has 1 saturated carbocycles. The summed E-state index contributed by atoms with van der Waals surface area (Å²) in [4.78, 5) is 14.3. The molecule has 0 spiro atoms. The molecule has 100 valence electrons. The summed E-state index contributed by atoms with van der Waals surface area (Å²) >= 11 is 3.14. The molecule has 1 atom stereocenters. The Balaban J connectivity index is 1.61. The molecule has 3 rings (SSSR count). The lowest BCUT2D eigenvalue weighted by Gasteiger charge is -2.15. The first-order valence-electron chi connectivity index (χ1n) is 6.26. The van der Waals surface area contributed by atoms with Crippen LogP contribution >= 0.6 is 22.7 Å². The van der Waals surface area contributed by atoms with Crippen LogP contribution in [0.2, 0.25) is 0 Å². The molecule has 0 aliphatic heterocycles. The number of hydrogen-bond acceptors (Lipinski definition) is 4. The van der Waals surface area contributed by atoms with E-state index in [1.165, 1.54) is 11.3 Å². The van der Waals surface area contributed by atoms with Gasteiger partial charge in [0.25, 0.3) is 0 Å². The Morgan fingerprint density at radius 1 is 1.32 bits per heavy atom. The predicted octanol–water partition coefficient (Wildman–Crippen LogP) is 2.69. The first-order valence-corrected chi connectivity index (χ1v) is 8.02. The van der Waals surface area contributed by atoms with Crippen LogP contribution in [0.1, 0.15) is 28.7 Å². The lowest BCUT2D eigenvalue weighted by atomic mass is 10.0. The van der Waals surface area contributed by atoms with Crippen molar-refractivity contribution in [1.29, 1.82) is 0 Å². The largest absolute Gasteiger partial charge is 0.386 e. The Morgan fingerprint density at radius 2 is 2.05 bits per heavy atom. The second-order valence-corrected chi connectivity index (χ2v) is 6.73. The zero-order chi connectivity index (χ0) is 13.3. The van der Waals surface area contributed by atoms with Crippen LogP contribution in [0.15, 0.2) is 35.0 Å². The highest BCUT2D eigenvalue weighted by Crippen LogP contribution is 2.50. The van der Waals surface area contributed by atoms with Gasteiger partial charge in [-0.2, -0.15) is 0 Å². The molecule has 0 bridgehead atoms. The van der Waals surface area contributed by atoms with Crippen molar-refractivity contribution in [3.05, 3.63) is 44.8 Å². The summed E-state index contributed by atoms with van der Waals surface area (Å²) in [6.07, 6.45) is 1.21. The van der Waals surface area contributed by atoms with Crippen molar-refractivity contribution in [2.75, 3.05) is 6.54 Å².